The van der Waals surface area contributed by atoms with Crippen LogP contribution in [0.25, 0.3) is 0 Å². The van der Waals surface area contributed by atoms with Gasteiger partial charge in [-0.25, -0.2) is 0 Å². The van der Waals surface area contributed by atoms with Gasteiger partial charge in [0, 0.05) is 13.1 Å². The number of hydrogen-bond donors (Lipinski definition) is 0. The van der Waals surface area contributed by atoms with Crippen LogP contribution < -0.4 is 0 Å². The molecule has 0 N–H and O–H groups in total. The normalized spacial score (nSPS) is 24.2. The minimum Gasteiger partial charge on any atom is -0.293 e. The average Bonchev–Trinajstić information content (AvgIpc) is 3.33. The molecule has 138 valence electrons. The maximum Gasteiger partial charge on any atom is 0.117 e. The summed E-state index contributed by atoms with van der Waals surface area (Å²) in [4.78, 5) is 4.75. The lowest BCUT2D eigenvalue weighted by Crippen LogP contribution is -2.46. The van der Waals surface area contributed by atoms with Gasteiger partial charge in [0.15, 0.2) is 0 Å². The molecule has 2 heterocycles. The Morgan fingerprint density at radius 3 is 2.16 bits per heavy atom. The predicted octanol–water partition coefficient (Wildman–Crippen LogP) is 5.60. The van der Waals surface area contributed by atoms with Crippen molar-refractivity contribution < 1.29 is 0 Å². The van der Waals surface area contributed by atoms with E-state index in [1.165, 1.54) is 55.5 Å². The standard InChI is InChI=1S/C22H33ClN2/c1-4-18(2)20(22(3,23)25-16-10-11-17-25)21(24-14-8-9-15-24)19-12-6-5-7-13-19/h5-7,12-13,21H,4,8-11,14-17H2,1-3H3/b20-18-. The van der Waals surface area contributed by atoms with Crippen LogP contribution in [-0.4, -0.2) is 41.0 Å². The maximum absolute atomic E-state index is 7.35. The van der Waals surface area contributed by atoms with Crippen molar-refractivity contribution in [2.24, 2.45) is 0 Å². The second kappa shape index (κ2) is 8.24. The number of rotatable bonds is 6. The zero-order valence-corrected chi connectivity index (χ0v) is 16.9. The molecule has 1 aromatic carbocycles. The quantitative estimate of drug-likeness (QED) is 0.370. The predicted molar refractivity (Wildman–Crippen MR) is 108 cm³/mol. The molecule has 2 fully saturated rings. The summed E-state index contributed by atoms with van der Waals surface area (Å²) in [6.45, 7) is 11.4. The number of allylic oxidation sites excluding steroid dienone is 1. The first kappa shape index (κ1) is 18.9. The van der Waals surface area contributed by atoms with Gasteiger partial charge in [0.1, 0.15) is 5.00 Å². The van der Waals surface area contributed by atoms with Crippen molar-refractivity contribution >= 4 is 11.6 Å². The molecule has 2 aliphatic heterocycles. The Balaban J connectivity index is 2.07. The van der Waals surface area contributed by atoms with Crippen molar-refractivity contribution in [2.75, 3.05) is 26.2 Å². The number of alkyl halides is 1. The fourth-order valence-electron chi connectivity index (χ4n) is 4.57. The SMILES string of the molecule is CC/C(C)=C(/C(c1ccccc1)N1CCCC1)C(C)(Cl)N1CCCC1. The minimum atomic E-state index is -0.403. The topological polar surface area (TPSA) is 6.48 Å². The van der Waals surface area contributed by atoms with Crippen LogP contribution >= 0.6 is 11.6 Å². The monoisotopic (exact) mass is 360 g/mol. The number of likely N-dealkylation sites (tertiary alicyclic amines) is 2. The first-order chi connectivity index (χ1) is 12.1. The van der Waals surface area contributed by atoms with Gasteiger partial charge in [0.2, 0.25) is 0 Å². The molecule has 0 bridgehead atoms. The molecule has 0 amide bonds. The molecule has 0 aliphatic carbocycles. The van der Waals surface area contributed by atoms with Crippen LogP contribution in [0.5, 0.6) is 0 Å². The van der Waals surface area contributed by atoms with Gasteiger partial charge in [-0.15, -0.1) is 0 Å². The molecular weight excluding hydrogens is 328 g/mol. The third-order valence-corrected chi connectivity index (χ3v) is 6.52. The van der Waals surface area contributed by atoms with Gasteiger partial charge in [0.05, 0.1) is 6.04 Å². The lowest BCUT2D eigenvalue weighted by molar-refractivity contribution is 0.199. The van der Waals surface area contributed by atoms with Crippen molar-refractivity contribution in [3.05, 3.63) is 47.0 Å². The molecular formula is C22H33ClN2. The fourth-order valence-corrected chi connectivity index (χ4v) is 5.00. The van der Waals surface area contributed by atoms with E-state index >= 15 is 0 Å². The highest BCUT2D eigenvalue weighted by Crippen LogP contribution is 2.45. The van der Waals surface area contributed by atoms with Crippen LogP contribution in [0.3, 0.4) is 0 Å². The highest BCUT2D eigenvalue weighted by Gasteiger charge is 2.42. The van der Waals surface area contributed by atoms with Gasteiger partial charge >= 0.3 is 0 Å². The summed E-state index contributed by atoms with van der Waals surface area (Å²) in [6, 6.07) is 11.3. The van der Waals surface area contributed by atoms with Crippen LogP contribution in [0, 0.1) is 0 Å². The Kier molecular flexibility index (Phi) is 6.25. The van der Waals surface area contributed by atoms with Crippen LogP contribution in [0.15, 0.2) is 41.5 Å². The summed E-state index contributed by atoms with van der Waals surface area (Å²) in [6.07, 6.45) is 6.18. The summed E-state index contributed by atoms with van der Waals surface area (Å²) in [5.41, 5.74) is 4.26. The molecule has 3 rings (SSSR count). The van der Waals surface area contributed by atoms with Crippen LogP contribution in [0.1, 0.15) is 64.5 Å². The largest absolute Gasteiger partial charge is 0.293 e. The molecule has 0 radical (unpaired) electrons. The molecule has 1 aromatic rings. The third-order valence-electron chi connectivity index (χ3n) is 6.08. The van der Waals surface area contributed by atoms with Crippen LogP contribution in [0.4, 0.5) is 0 Å². The van der Waals surface area contributed by atoms with Gasteiger partial charge in [-0.2, -0.15) is 0 Å². The van der Waals surface area contributed by atoms with Gasteiger partial charge in [0.25, 0.3) is 0 Å². The van der Waals surface area contributed by atoms with Crippen molar-refractivity contribution in [1.29, 1.82) is 0 Å². The van der Waals surface area contributed by atoms with E-state index in [-0.39, 0.29) is 0 Å². The lowest BCUT2D eigenvalue weighted by atomic mass is 9.87. The molecule has 2 unspecified atom stereocenters. The summed E-state index contributed by atoms with van der Waals surface area (Å²) in [5.74, 6) is 0. The molecule has 0 spiro atoms. The first-order valence-corrected chi connectivity index (χ1v) is 10.4. The third kappa shape index (κ3) is 3.97. The van der Waals surface area contributed by atoms with E-state index in [9.17, 15) is 0 Å². The second-order valence-electron chi connectivity index (χ2n) is 7.75. The molecule has 2 saturated heterocycles. The zero-order chi connectivity index (χ0) is 17.9. The number of nitrogens with zero attached hydrogens (tertiary/aromatic N) is 2. The summed E-state index contributed by atoms with van der Waals surface area (Å²) in [5, 5.41) is 0. The second-order valence-corrected chi connectivity index (χ2v) is 8.49. The van der Waals surface area contributed by atoms with Gasteiger partial charge in [-0.1, -0.05) is 54.4 Å². The minimum absolute atomic E-state index is 0.298. The Bertz CT molecular complexity index is 581. The van der Waals surface area contributed by atoms with E-state index in [4.69, 9.17) is 11.6 Å². The summed E-state index contributed by atoms with van der Waals surface area (Å²) >= 11 is 7.35. The van der Waals surface area contributed by atoms with Crippen molar-refractivity contribution in [3.63, 3.8) is 0 Å². The van der Waals surface area contributed by atoms with E-state index in [0.29, 0.717) is 6.04 Å². The smallest absolute Gasteiger partial charge is 0.117 e. The van der Waals surface area contributed by atoms with Crippen LogP contribution in [0.2, 0.25) is 0 Å². The molecule has 25 heavy (non-hydrogen) atoms. The summed E-state index contributed by atoms with van der Waals surface area (Å²) in [7, 11) is 0. The van der Waals surface area contributed by atoms with Crippen molar-refractivity contribution in [1.82, 2.24) is 9.80 Å². The van der Waals surface area contributed by atoms with Crippen molar-refractivity contribution in [2.45, 2.75) is 63.9 Å². The molecule has 0 aromatic heterocycles. The maximum atomic E-state index is 7.35. The summed E-state index contributed by atoms with van der Waals surface area (Å²) < 4.78 is 0. The fraction of sp³-hybridized carbons (Fsp3) is 0.636. The Morgan fingerprint density at radius 1 is 1.04 bits per heavy atom. The molecule has 2 atom stereocenters. The Hall–Kier alpha value is -0.830. The molecule has 2 nitrogen and oxygen atoms in total. The zero-order valence-electron chi connectivity index (χ0n) is 16.1. The number of halogens is 1. The Labute approximate surface area is 158 Å². The van der Waals surface area contributed by atoms with Crippen LogP contribution in [-0.2, 0) is 0 Å². The van der Waals surface area contributed by atoms with E-state index in [1.54, 1.807) is 0 Å². The van der Waals surface area contributed by atoms with E-state index in [0.717, 1.165) is 19.5 Å². The average molecular weight is 361 g/mol. The first-order valence-electron chi connectivity index (χ1n) is 9.98. The van der Waals surface area contributed by atoms with Gasteiger partial charge < -0.3 is 0 Å². The number of benzene rings is 1. The highest BCUT2D eigenvalue weighted by molar-refractivity contribution is 6.25. The van der Waals surface area contributed by atoms with E-state index in [1.807, 2.05) is 0 Å². The molecule has 3 heteroatoms. The lowest BCUT2D eigenvalue weighted by Gasteiger charge is -2.43. The number of hydrogen-bond acceptors (Lipinski definition) is 2. The van der Waals surface area contributed by atoms with Crippen molar-refractivity contribution in [3.8, 4) is 0 Å². The Morgan fingerprint density at radius 2 is 1.60 bits per heavy atom. The molecule has 2 aliphatic rings. The molecule has 0 saturated carbocycles. The van der Waals surface area contributed by atoms with E-state index < -0.39 is 5.00 Å². The van der Waals surface area contributed by atoms with Gasteiger partial charge in [-0.3, -0.25) is 9.80 Å². The van der Waals surface area contributed by atoms with E-state index in [2.05, 4.69) is 60.9 Å². The van der Waals surface area contributed by atoms with Gasteiger partial charge in [-0.05, 0) is 70.2 Å². The highest BCUT2D eigenvalue weighted by atomic mass is 35.5.